The van der Waals surface area contributed by atoms with Gasteiger partial charge in [-0.15, -0.1) is 0 Å². The van der Waals surface area contributed by atoms with Gasteiger partial charge in [0.05, 0.1) is 5.36 Å². The molecule has 3 rings (SSSR count). The fraction of sp³-hybridized carbons (Fsp3) is 0.188. The highest BCUT2D eigenvalue weighted by molar-refractivity contribution is 5.96. The maximum Gasteiger partial charge on any atom is 0.127 e. The van der Waals surface area contributed by atoms with E-state index in [2.05, 4.69) is 11.6 Å². The highest BCUT2D eigenvalue weighted by Gasteiger charge is 2.15. The lowest BCUT2D eigenvalue weighted by Gasteiger charge is -2.15. The molecule has 0 aromatic heterocycles. The topological polar surface area (TPSA) is 12.4 Å². The fourth-order valence-electron chi connectivity index (χ4n) is 2.64. The van der Waals surface area contributed by atoms with E-state index in [1.807, 2.05) is 32.2 Å². The van der Waals surface area contributed by atoms with E-state index < -0.39 is 0 Å². The average molecular weight is 239 g/mol. The van der Waals surface area contributed by atoms with Crippen molar-refractivity contribution in [2.75, 3.05) is 0 Å². The third-order valence-corrected chi connectivity index (χ3v) is 3.49. The molecule has 2 aromatic rings. The smallest absolute Gasteiger partial charge is 0.127 e. The summed E-state index contributed by atoms with van der Waals surface area (Å²) in [6.45, 7) is 7.98. The lowest BCUT2D eigenvalue weighted by atomic mass is 9.91. The molecule has 0 spiro atoms. The molecule has 1 nitrogen and oxygen atoms in total. The van der Waals surface area contributed by atoms with E-state index in [1.165, 1.54) is 6.07 Å². The Morgan fingerprint density at radius 2 is 2.17 bits per heavy atom. The molecule has 18 heavy (non-hydrogen) atoms. The van der Waals surface area contributed by atoms with Gasteiger partial charge in [-0.3, -0.25) is 4.99 Å². The molecular weight excluding hydrogens is 225 g/mol. The molecule has 2 heteroatoms. The van der Waals surface area contributed by atoms with Gasteiger partial charge in [-0.2, -0.15) is 0 Å². The van der Waals surface area contributed by atoms with Gasteiger partial charge in [0.25, 0.3) is 0 Å². The normalized spacial score (nSPS) is 12.4. The van der Waals surface area contributed by atoms with Gasteiger partial charge in [-0.25, -0.2) is 4.39 Å². The second-order valence-electron chi connectivity index (χ2n) is 4.70. The van der Waals surface area contributed by atoms with Gasteiger partial charge >= 0.3 is 0 Å². The van der Waals surface area contributed by atoms with E-state index in [0.717, 1.165) is 38.0 Å². The molecule has 0 unspecified atom stereocenters. The zero-order valence-corrected chi connectivity index (χ0v) is 10.5. The van der Waals surface area contributed by atoms with Crippen molar-refractivity contribution in [1.82, 2.24) is 0 Å². The van der Waals surface area contributed by atoms with Crippen molar-refractivity contribution < 1.29 is 4.39 Å². The van der Waals surface area contributed by atoms with Gasteiger partial charge in [0.1, 0.15) is 5.82 Å². The molecule has 0 N–H and O–H groups in total. The van der Waals surface area contributed by atoms with Gasteiger partial charge in [0.15, 0.2) is 0 Å². The number of fused-ring (bicyclic) bond motifs is 2. The molecular formula is C16H14FN. The first kappa shape index (κ1) is 11.1. The van der Waals surface area contributed by atoms with Crippen molar-refractivity contribution in [1.29, 1.82) is 0 Å². The highest BCUT2D eigenvalue weighted by atomic mass is 19.1. The van der Waals surface area contributed by atoms with Crippen molar-refractivity contribution in [3.8, 4) is 0 Å². The lowest BCUT2D eigenvalue weighted by Crippen LogP contribution is -2.34. The Labute approximate surface area is 105 Å². The van der Waals surface area contributed by atoms with Crippen LogP contribution in [0.2, 0.25) is 0 Å². The highest BCUT2D eigenvalue weighted by Crippen LogP contribution is 2.27. The van der Waals surface area contributed by atoms with Crippen LogP contribution in [0.3, 0.4) is 0 Å². The largest absolute Gasteiger partial charge is 0.255 e. The Bertz CT molecular complexity index is 800. The number of halogens is 1. The maximum absolute atomic E-state index is 14.0. The predicted molar refractivity (Wildman–Crippen MR) is 73.2 cm³/mol. The van der Waals surface area contributed by atoms with Crippen molar-refractivity contribution in [2.24, 2.45) is 4.99 Å². The van der Waals surface area contributed by atoms with Crippen molar-refractivity contribution in [2.45, 2.75) is 20.3 Å². The Morgan fingerprint density at radius 1 is 1.39 bits per heavy atom. The Balaban J connectivity index is 2.60. The second-order valence-corrected chi connectivity index (χ2v) is 4.70. The molecule has 0 amide bonds. The molecule has 0 radical (unpaired) electrons. The molecule has 1 aliphatic rings. The van der Waals surface area contributed by atoms with E-state index >= 15 is 0 Å². The van der Waals surface area contributed by atoms with Gasteiger partial charge in [0.2, 0.25) is 0 Å². The molecule has 2 aromatic carbocycles. The molecule has 0 aliphatic carbocycles. The molecule has 1 heterocycles. The summed E-state index contributed by atoms with van der Waals surface area (Å²) < 4.78 is 14.0. The van der Waals surface area contributed by atoms with Crippen LogP contribution in [-0.2, 0) is 6.42 Å². The Morgan fingerprint density at radius 3 is 2.72 bits per heavy atom. The van der Waals surface area contributed by atoms with Gasteiger partial charge in [0, 0.05) is 11.4 Å². The number of aryl methyl sites for hydroxylation is 1. The number of benzene rings is 2. The predicted octanol–water partition coefficient (Wildman–Crippen LogP) is 2.95. The third kappa shape index (κ3) is 1.35. The van der Waals surface area contributed by atoms with Crippen LogP contribution >= 0.6 is 0 Å². The standard InChI is InChI=1S/C16H14FN/c1-4-11-13(17)6-5-10-7-14-12(8-18-14)15(9(2)3)16(10)11/h5-8H,2,4H2,1,3H3. The maximum atomic E-state index is 14.0. The summed E-state index contributed by atoms with van der Waals surface area (Å²) in [6.07, 6.45) is 2.52. The first-order valence-electron chi connectivity index (χ1n) is 6.11. The summed E-state index contributed by atoms with van der Waals surface area (Å²) in [5.41, 5.74) is 2.78. The van der Waals surface area contributed by atoms with Crippen LogP contribution in [0.4, 0.5) is 4.39 Å². The quantitative estimate of drug-likeness (QED) is 0.764. The van der Waals surface area contributed by atoms with Gasteiger partial charge < -0.3 is 0 Å². The van der Waals surface area contributed by atoms with Crippen molar-refractivity contribution in [3.05, 3.63) is 52.3 Å². The minimum Gasteiger partial charge on any atom is -0.255 e. The number of hydrogen-bond donors (Lipinski definition) is 0. The van der Waals surface area contributed by atoms with E-state index in [9.17, 15) is 4.39 Å². The molecule has 90 valence electrons. The van der Waals surface area contributed by atoms with Crippen LogP contribution in [0, 0.1) is 5.82 Å². The van der Waals surface area contributed by atoms with Gasteiger partial charge in [-0.05, 0) is 52.9 Å². The SMILES string of the molecule is C=C(C)c1c2c(cc3ccc(F)c(CC)c13)=NC=2. The molecule has 0 atom stereocenters. The van der Waals surface area contributed by atoms with Crippen LogP contribution in [0.15, 0.2) is 29.8 Å². The number of allylic oxidation sites excluding steroid dienone is 1. The minimum atomic E-state index is -0.135. The van der Waals surface area contributed by atoms with E-state index in [-0.39, 0.29) is 5.82 Å². The van der Waals surface area contributed by atoms with Crippen molar-refractivity contribution in [3.63, 3.8) is 0 Å². The molecule has 0 saturated heterocycles. The molecule has 1 aliphatic heterocycles. The lowest BCUT2D eigenvalue weighted by molar-refractivity contribution is 0.615. The summed E-state index contributed by atoms with van der Waals surface area (Å²) in [6, 6.07) is 5.39. The fourth-order valence-corrected chi connectivity index (χ4v) is 2.64. The third-order valence-electron chi connectivity index (χ3n) is 3.49. The van der Waals surface area contributed by atoms with Crippen molar-refractivity contribution >= 4 is 22.5 Å². The second kappa shape index (κ2) is 3.77. The Kier molecular flexibility index (Phi) is 2.34. The summed E-state index contributed by atoms with van der Waals surface area (Å²) >= 11 is 0. The van der Waals surface area contributed by atoms with Crippen LogP contribution in [0.1, 0.15) is 25.0 Å². The first-order chi connectivity index (χ1) is 8.63. The summed E-state index contributed by atoms with van der Waals surface area (Å²) in [4.78, 5) is 4.24. The number of nitrogens with zero attached hydrogens (tertiary/aromatic N) is 1. The zero-order valence-electron chi connectivity index (χ0n) is 10.5. The number of hydrogen-bond acceptors (Lipinski definition) is 1. The van der Waals surface area contributed by atoms with Crippen LogP contribution in [0.25, 0.3) is 22.5 Å². The summed E-state index contributed by atoms with van der Waals surface area (Å²) in [5, 5.41) is 4.11. The molecule has 0 fully saturated rings. The minimum absolute atomic E-state index is 0.135. The van der Waals surface area contributed by atoms with E-state index in [4.69, 9.17) is 0 Å². The monoisotopic (exact) mass is 239 g/mol. The van der Waals surface area contributed by atoms with Crippen LogP contribution in [-0.4, -0.2) is 0 Å². The number of rotatable bonds is 2. The van der Waals surface area contributed by atoms with E-state index in [1.54, 1.807) is 0 Å². The van der Waals surface area contributed by atoms with Gasteiger partial charge in [-0.1, -0.05) is 19.6 Å². The van der Waals surface area contributed by atoms with E-state index in [0.29, 0.717) is 6.42 Å². The first-order valence-corrected chi connectivity index (χ1v) is 6.11. The summed E-state index contributed by atoms with van der Waals surface area (Å²) in [5.74, 6) is -0.135. The molecule has 0 saturated carbocycles. The van der Waals surface area contributed by atoms with Crippen LogP contribution in [0.5, 0.6) is 0 Å². The Hall–Kier alpha value is -1.96. The zero-order chi connectivity index (χ0) is 12.9. The average Bonchev–Trinajstić information content (AvgIpc) is 2.31. The molecule has 0 bridgehead atoms. The summed E-state index contributed by atoms with van der Waals surface area (Å²) in [7, 11) is 0. The van der Waals surface area contributed by atoms with Crippen LogP contribution < -0.4 is 10.6 Å².